The molecule has 0 aliphatic heterocycles. The van der Waals surface area contributed by atoms with E-state index in [0.29, 0.717) is 16.7 Å². The highest BCUT2D eigenvalue weighted by Crippen LogP contribution is 2.24. The third-order valence-corrected chi connectivity index (χ3v) is 2.66. The number of nitrogen functional groups attached to an aromatic ring is 1. The lowest BCUT2D eigenvalue weighted by atomic mass is 10.1. The Balaban J connectivity index is 2.72. The van der Waals surface area contributed by atoms with Gasteiger partial charge in [-0.05, 0) is 12.1 Å². The van der Waals surface area contributed by atoms with Crippen molar-refractivity contribution in [1.29, 1.82) is 0 Å². The van der Waals surface area contributed by atoms with Crippen LogP contribution in [0.2, 0.25) is 0 Å². The number of H-pyrrole nitrogens is 1. The molecule has 0 spiro atoms. The minimum Gasteiger partial charge on any atom is -0.398 e. The molecule has 0 atom stereocenters. The van der Waals surface area contributed by atoms with Crippen molar-refractivity contribution in [1.82, 2.24) is 9.97 Å². The van der Waals surface area contributed by atoms with Crippen LogP contribution in [0.5, 0.6) is 0 Å². The average Bonchev–Trinajstić information content (AvgIpc) is 2.29. The number of nitrogens with zero attached hydrogens (tertiary/aromatic N) is 1. The summed E-state index contributed by atoms with van der Waals surface area (Å²) >= 11 is 0. The number of nitrogens with two attached hydrogens (primary N) is 1. The highest BCUT2D eigenvalue weighted by atomic mass is 16.1. The van der Waals surface area contributed by atoms with Crippen LogP contribution in [0.3, 0.4) is 0 Å². The molecule has 4 heteroatoms. The van der Waals surface area contributed by atoms with Gasteiger partial charge in [0, 0.05) is 28.0 Å². The number of hydrogen-bond acceptors (Lipinski definition) is 3. The molecule has 16 heavy (non-hydrogen) atoms. The summed E-state index contributed by atoms with van der Waals surface area (Å²) in [5.74, 6) is 0. The predicted molar refractivity (Wildman–Crippen MR) is 64.3 cm³/mol. The van der Waals surface area contributed by atoms with Gasteiger partial charge in [-0.2, -0.15) is 0 Å². The Bertz CT molecular complexity index is 746. The van der Waals surface area contributed by atoms with Gasteiger partial charge in [0.05, 0.1) is 0 Å². The molecule has 3 aromatic rings. The number of anilines is 1. The molecule has 0 unspecified atom stereocenters. The first-order valence-corrected chi connectivity index (χ1v) is 4.92. The molecule has 78 valence electrons. The normalized spacial score (nSPS) is 11.0. The van der Waals surface area contributed by atoms with E-state index in [0.717, 1.165) is 10.8 Å². The van der Waals surface area contributed by atoms with E-state index in [1.165, 1.54) is 0 Å². The van der Waals surface area contributed by atoms with E-state index in [-0.39, 0.29) is 5.56 Å². The maximum atomic E-state index is 11.8. The topological polar surface area (TPSA) is 71.8 Å². The summed E-state index contributed by atoms with van der Waals surface area (Å²) in [6, 6.07) is 9.10. The Kier molecular flexibility index (Phi) is 1.71. The highest BCUT2D eigenvalue weighted by molar-refractivity contribution is 6.09. The smallest absolute Gasteiger partial charge is 0.257 e. The Morgan fingerprint density at radius 2 is 1.88 bits per heavy atom. The second-order valence-corrected chi connectivity index (χ2v) is 3.62. The zero-order valence-corrected chi connectivity index (χ0v) is 8.40. The van der Waals surface area contributed by atoms with Gasteiger partial charge in [0.1, 0.15) is 5.65 Å². The molecule has 2 aromatic heterocycles. The van der Waals surface area contributed by atoms with E-state index in [1.54, 1.807) is 18.3 Å². The Labute approximate surface area is 90.7 Å². The van der Waals surface area contributed by atoms with Crippen LogP contribution in [0, 0.1) is 0 Å². The van der Waals surface area contributed by atoms with E-state index in [2.05, 4.69) is 9.97 Å². The summed E-state index contributed by atoms with van der Waals surface area (Å²) in [7, 11) is 0. The fourth-order valence-electron chi connectivity index (χ4n) is 1.93. The monoisotopic (exact) mass is 211 g/mol. The van der Waals surface area contributed by atoms with Crippen molar-refractivity contribution in [3.8, 4) is 0 Å². The first-order valence-electron chi connectivity index (χ1n) is 4.92. The van der Waals surface area contributed by atoms with E-state index >= 15 is 0 Å². The largest absolute Gasteiger partial charge is 0.398 e. The zero-order chi connectivity index (χ0) is 11.1. The first kappa shape index (κ1) is 8.91. The minimum absolute atomic E-state index is 0.138. The molecule has 0 amide bonds. The number of fused-ring (bicyclic) bond motifs is 3. The van der Waals surface area contributed by atoms with E-state index in [4.69, 9.17) is 5.73 Å². The van der Waals surface area contributed by atoms with Crippen LogP contribution in [-0.2, 0) is 0 Å². The molecule has 0 radical (unpaired) electrons. The third-order valence-electron chi connectivity index (χ3n) is 2.66. The molecule has 1 aromatic carbocycles. The van der Waals surface area contributed by atoms with E-state index in [1.807, 2.05) is 18.2 Å². The van der Waals surface area contributed by atoms with Crippen LogP contribution < -0.4 is 11.3 Å². The summed E-state index contributed by atoms with van der Waals surface area (Å²) in [5, 5.41) is 2.28. The molecule has 0 aliphatic carbocycles. The molecule has 2 heterocycles. The molecule has 0 bridgehead atoms. The first-order chi connectivity index (χ1) is 7.77. The summed E-state index contributed by atoms with van der Waals surface area (Å²) in [6.07, 6.45) is 1.59. The maximum Gasteiger partial charge on any atom is 0.257 e. The van der Waals surface area contributed by atoms with E-state index < -0.39 is 0 Å². The molecule has 0 fully saturated rings. The summed E-state index contributed by atoms with van der Waals surface area (Å²) < 4.78 is 0. The Morgan fingerprint density at radius 1 is 1.12 bits per heavy atom. The number of aromatic nitrogens is 2. The van der Waals surface area contributed by atoms with Crippen molar-refractivity contribution in [3.63, 3.8) is 0 Å². The van der Waals surface area contributed by atoms with Gasteiger partial charge in [-0.15, -0.1) is 0 Å². The van der Waals surface area contributed by atoms with Crippen LogP contribution in [0.1, 0.15) is 0 Å². The van der Waals surface area contributed by atoms with Crippen LogP contribution in [-0.4, -0.2) is 9.97 Å². The second kappa shape index (κ2) is 3.06. The molecule has 0 aliphatic rings. The third kappa shape index (κ3) is 1.10. The standard InChI is InChI=1S/C12H9N3O/c13-9-5-6-14-11-10(9)7-3-1-2-4-8(7)12(16)15-11/h1-6H,(H3,13,14,15,16). The quantitative estimate of drug-likeness (QED) is 0.555. The lowest BCUT2D eigenvalue weighted by Gasteiger charge is -2.04. The SMILES string of the molecule is Nc1ccnc2[nH]c(=O)c3ccccc3c12. The van der Waals surface area contributed by atoms with Gasteiger partial charge in [0.15, 0.2) is 0 Å². The molecule has 3 N–H and O–H groups in total. The van der Waals surface area contributed by atoms with Gasteiger partial charge >= 0.3 is 0 Å². The second-order valence-electron chi connectivity index (χ2n) is 3.62. The van der Waals surface area contributed by atoms with Gasteiger partial charge in [0.2, 0.25) is 0 Å². The van der Waals surface area contributed by atoms with Gasteiger partial charge in [-0.25, -0.2) is 4.98 Å². The molecule has 0 saturated carbocycles. The minimum atomic E-state index is -0.138. The fraction of sp³-hybridized carbons (Fsp3) is 0. The lowest BCUT2D eigenvalue weighted by molar-refractivity contribution is 1.26. The number of benzene rings is 1. The molecule has 4 nitrogen and oxygen atoms in total. The van der Waals surface area contributed by atoms with Crippen molar-refractivity contribution in [2.24, 2.45) is 0 Å². The van der Waals surface area contributed by atoms with Crippen molar-refractivity contribution in [2.45, 2.75) is 0 Å². The number of pyridine rings is 2. The van der Waals surface area contributed by atoms with Crippen LogP contribution in [0.15, 0.2) is 41.3 Å². The lowest BCUT2D eigenvalue weighted by Crippen LogP contribution is -2.07. The van der Waals surface area contributed by atoms with Crippen molar-refractivity contribution < 1.29 is 0 Å². The van der Waals surface area contributed by atoms with Crippen LogP contribution in [0.25, 0.3) is 21.8 Å². The summed E-state index contributed by atoms with van der Waals surface area (Å²) in [5.41, 5.74) is 6.93. The number of hydrogen-bond donors (Lipinski definition) is 2. The van der Waals surface area contributed by atoms with Crippen molar-refractivity contribution in [2.75, 3.05) is 5.73 Å². The molecular weight excluding hydrogens is 202 g/mol. The van der Waals surface area contributed by atoms with Crippen LogP contribution >= 0.6 is 0 Å². The van der Waals surface area contributed by atoms with Gasteiger partial charge < -0.3 is 10.7 Å². The maximum absolute atomic E-state index is 11.8. The molecule has 3 rings (SSSR count). The Morgan fingerprint density at radius 3 is 2.69 bits per heavy atom. The van der Waals surface area contributed by atoms with Gasteiger partial charge in [0.25, 0.3) is 5.56 Å². The highest BCUT2D eigenvalue weighted by Gasteiger charge is 2.07. The number of rotatable bonds is 0. The van der Waals surface area contributed by atoms with E-state index in [9.17, 15) is 4.79 Å². The molecular formula is C12H9N3O. The number of aromatic amines is 1. The van der Waals surface area contributed by atoms with Crippen LogP contribution in [0.4, 0.5) is 5.69 Å². The van der Waals surface area contributed by atoms with Gasteiger partial charge in [-0.1, -0.05) is 18.2 Å². The van der Waals surface area contributed by atoms with Crippen molar-refractivity contribution >= 4 is 27.5 Å². The average molecular weight is 211 g/mol. The fourth-order valence-corrected chi connectivity index (χ4v) is 1.93. The molecule has 0 saturated heterocycles. The summed E-state index contributed by atoms with van der Waals surface area (Å²) in [6.45, 7) is 0. The predicted octanol–water partition coefficient (Wildman–Crippen LogP) is 1.66. The Hall–Kier alpha value is -2.36. The summed E-state index contributed by atoms with van der Waals surface area (Å²) in [4.78, 5) is 18.6. The number of nitrogens with one attached hydrogen (secondary N) is 1. The zero-order valence-electron chi connectivity index (χ0n) is 8.40. The van der Waals surface area contributed by atoms with Gasteiger partial charge in [-0.3, -0.25) is 4.79 Å². The van der Waals surface area contributed by atoms with Crippen molar-refractivity contribution in [3.05, 3.63) is 46.9 Å².